The largest absolute Gasteiger partial charge is 0.135 e. The van der Waals surface area contributed by atoms with Gasteiger partial charge in [0.05, 0.1) is 0 Å². The second-order valence-electron chi connectivity index (χ2n) is 4.51. The molecule has 3 aromatic rings. The van der Waals surface area contributed by atoms with Gasteiger partial charge in [-0.25, -0.2) is 0 Å². The van der Waals surface area contributed by atoms with Gasteiger partial charge in [0.2, 0.25) is 0 Å². The molecule has 80 valence electrons. The van der Waals surface area contributed by atoms with Crippen LogP contribution in [0.5, 0.6) is 0 Å². The van der Waals surface area contributed by atoms with Crippen molar-refractivity contribution in [2.24, 2.45) is 0 Å². The summed E-state index contributed by atoms with van der Waals surface area (Å²) in [7, 11) is 0. The lowest BCUT2D eigenvalue weighted by atomic mass is 10.0. The maximum atomic E-state index is 2.29. The monoisotopic (exact) mass is 226 g/mol. The molecule has 0 fully saturated rings. The minimum absolute atomic E-state index is 1.34. The van der Waals surface area contributed by atoms with Crippen molar-refractivity contribution in [1.29, 1.82) is 0 Å². The highest BCUT2D eigenvalue weighted by Gasteiger charge is 2.08. The fourth-order valence-corrected chi connectivity index (χ4v) is 3.63. The third-order valence-electron chi connectivity index (χ3n) is 3.18. The summed E-state index contributed by atoms with van der Waals surface area (Å²) in [5, 5.41) is 2.85. The van der Waals surface area contributed by atoms with Crippen LogP contribution in [0.3, 0.4) is 0 Å². The van der Waals surface area contributed by atoms with Crippen LogP contribution in [0.2, 0.25) is 0 Å². The van der Waals surface area contributed by atoms with E-state index < -0.39 is 0 Å². The number of benzene rings is 2. The predicted molar refractivity (Wildman–Crippen MR) is 73.5 cm³/mol. The molecule has 3 rings (SSSR count). The molecule has 1 aromatic heterocycles. The molecule has 0 aliphatic carbocycles. The van der Waals surface area contributed by atoms with Crippen LogP contribution in [-0.4, -0.2) is 0 Å². The summed E-state index contributed by atoms with van der Waals surface area (Å²) in [5.74, 6) is 0. The molecule has 0 unspecified atom stereocenters. The van der Waals surface area contributed by atoms with Crippen LogP contribution in [0, 0.1) is 20.8 Å². The summed E-state index contributed by atoms with van der Waals surface area (Å²) in [6.07, 6.45) is 0. The van der Waals surface area contributed by atoms with Crippen molar-refractivity contribution < 1.29 is 0 Å². The third-order valence-corrected chi connectivity index (χ3v) is 4.47. The zero-order chi connectivity index (χ0) is 11.3. The molecular formula is C15H14S. The number of fused-ring (bicyclic) bond motifs is 3. The van der Waals surface area contributed by atoms with Crippen molar-refractivity contribution in [3.05, 3.63) is 47.0 Å². The lowest BCUT2D eigenvalue weighted by Crippen LogP contribution is -1.77. The van der Waals surface area contributed by atoms with Crippen molar-refractivity contribution in [1.82, 2.24) is 0 Å². The summed E-state index contributed by atoms with van der Waals surface area (Å²) in [6, 6.07) is 11.2. The first-order valence-electron chi connectivity index (χ1n) is 5.56. The lowest BCUT2D eigenvalue weighted by Gasteiger charge is -2.00. The Hall–Kier alpha value is -1.34. The van der Waals surface area contributed by atoms with Crippen molar-refractivity contribution >= 4 is 31.5 Å². The van der Waals surface area contributed by atoms with Crippen molar-refractivity contribution in [2.45, 2.75) is 20.8 Å². The van der Waals surface area contributed by atoms with Gasteiger partial charge in [-0.1, -0.05) is 24.3 Å². The highest BCUT2D eigenvalue weighted by Crippen LogP contribution is 2.37. The number of thiophene rings is 1. The Balaban J connectivity index is 2.60. The van der Waals surface area contributed by atoms with E-state index in [9.17, 15) is 0 Å². The lowest BCUT2D eigenvalue weighted by molar-refractivity contribution is 1.48. The van der Waals surface area contributed by atoms with Gasteiger partial charge in [-0.3, -0.25) is 0 Å². The highest BCUT2D eigenvalue weighted by atomic mass is 32.1. The Morgan fingerprint density at radius 1 is 0.875 bits per heavy atom. The first kappa shape index (κ1) is 9.86. The van der Waals surface area contributed by atoms with Crippen molar-refractivity contribution in [3.63, 3.8) is 0 Å². The fourth-order valence-electron chi connectivity index (χ4n) is 2.28. The molecule has 2 aromatic carbocycles. The van der Waals surface area contributed by atoms with Crippen molar-refractivity contribution in [2.75, 3.05) is 0 Å². The Morgan fingerprint density at radius 3 is 2.44 bits per heavy atom. The van der Waals surface area contributed by atoms with E-state index in [4.69, 9.17) is 0 Å². The Kier molecular flexibility index (Phi) is 2.05. The van der Waals surface area contributed by atoms with Crippen LogP contribution in [0.15, 0.2) is 30.3 Å². The van der Waals surface area contributed by atoms with Crippen LogP contribution < -0.4 is 0 Å². The zero-order valence-corrected chi connectivity index (χ0v) is 10.6. The van der Waals surface area contributed by atoms with Gasteiger partial charge in [0.15, 0.2) is 0 Å². The summed E-state index contributed by atoms with van der Waals surface area (Å²) < 4.78 is 2.85. The second kappa shape index (κ2) is 3.33. The molecule has 0 aliphatic heterocycles. The van der Waals surface area contributed by atoms with Gasteiger partial charge < -0.3 is 0 Å². The molecule has 0 N–H and O–H groups in total. The van der Waals surface area contributed by atoms with Gasteiger partial charge in [0.25, 0.3) is 0 Å². The summed E-state index contributed by atoms with van der Waals surface area (Å²) in [5.41, 5.74) is 4.12. The molecule has 0 radical (unpaired) electrons. The first-order chi connectivity index (χ1) is 7.66. The molecule has 0 spiro atoms. The molecule has 0 nitrogen and oxygen atoms in total. The fraction of sp³-hybridized carbons (Fsp3) is 0.200. The Morgan fingerprint density at radius 2 is 1.62 bits per heavy atom. The van der Waals surface area contributed by atoms with E-state index >= 15 is 0 Å². The van der Waals surface area contributed by atoms with Crippen LogP contribution in [0.4, 0.5) is 0 Å². The smallest absolute Gasteiger partial charge is 0.0387 e. The Bertz CT molecular complexity index is 689. The van der Waals surface area contributed by atoms with Gasteiger partial charge in [0.1, 0.15) is 0 Å². The average Bonchev–Trinajstić information content (AvgIpc) is 2.63. The third kappa shape index (κ3) is 1.28. The van der Waals surface area contributed by atoms with E-state index in [1.807, 2.05) is 11.3 Å². The SMILES string of the molecule is Cc1ccc2c(c1)sc1c(C)ccc(C)c12. The topological polar surface area (TPSA) is 0 Å². The highest BCUT2D eigenvalue weighted by molar-refractivity contribution is 7.26. The van der Waals surface area contributed by atoms with Gasteiger partial charge in [-0.05, 0) is 43.5 Å². The standard InChI is InChI=1S/C15H14S/c1-9-4-7-12-13(8-9)16-15-11(3)6-5-10(2)14(12)15/h4-8H,1-3H3. The van der Waals surface area contributed by atoms with Crippen LogP contribution in [0.1, 0.15) is 16.7 Å². The first-order valence-corrected chi connectivity index (χ1v) is 6.37. The molecule has 0 saturated carbocycles. The number of hydrogen-bond donors (Lipinski definition) is 0. The molecule has 16 heavy (non-hydrogen) atoms. The second-order valence-corrected chi connectivity index (χ2v) is 5.56. The maximum absolute atomic E-state index is 2.29. The average molecular weight is 226 g/mol. The van der Waals surface area contributed by atoms with Gasteiger partial charge in [-0.15, -0.1) is 11.3 Å². The molecule has 0 atom stereocenters. The van der Waals surface area contributed by atoms with E-state index in [0.717, 1.165) is 0 Å². The normalized spacial score (nSPS) is 11.4. The molecule has 1 heterocycles. The van der Waals surface area contributed by atoms with Crippen LogP contribution >= 0.6 is 11.3 Å². The quantitative estimate of drug-likeness (QED) is 0.507. The van der Waals surface area contributed by atoms with Gasteiger partial charge >= 0.3 is 0 Å². The van der Waals surface area contributed by atoms with E-state index in [1.165, 1.54) is 36.9 Å². The number of rotatable bonds is 0. The van der Waals surface area contributed by atoms with E-state index in [-0.39, 0.29) is 0 Å². The van der Waals surface area contributed by atoms with E-state index in [2.05, 4.69) is 51.1 Å². The summed E-state index contributed by atoms with van der Waals surface area (Å²) in [6.45, 7) is 6.56. The maximum Gasteiger partial charge on any atom is 0.0387 e. The Labute approximate surface area is 99.5 Å². The van der Waals surface area contributed by atoms with E-state index in [1.54, 1.807) is 0 Å². The number of aryl methyl sites for hydroxylation is 3. The molecule has 0 saturated heterocycles. The van der Waals surface area contributed by atoms with Gasteiger partial charge in [-0.2, -0.15) is 0 Å². The van der Waals surface area contributed by atoms with Gasteiger partial charge in [0, 0.05) is 20.2 Å². The van der Waals surface area contributed by atoms with Crippen molar-refractivity contribution in [3.8, 4) is 0 Å². The number of hydrogen-bond acceptors (Lipinski definition) is 1. The predicted octanol–water partition coefficient (Wildman–Crippen LogP) is 4.98. The zero-order valence-electron chi connectivity index (χ0n) is 9.79. The molecular weight excluding hydrogens is 212 g/mol. The molecule has 0 amide bonds. The summed E-state index contributed by atoms with van der Waals surface area (Å²) in [4.78, 5) is 0. The van der Waals surface area contributed by atoms with E-state index in [0.29, 0.717) is 0 Å². The van der Waals surface area contributed by atoms with Crippen LogP contribution in [0.25, 0.3) is 20.2 Å². The molecule has 0 aliphatic rings. The van der Waals surface area contributed by atoms with Crippen LogP contribution in [-0.2, 0) is 0 Å². The minimum Gasteiger partial charge on any atom is -0.135 e. The molecule has 0 bridgehead atoms. The minimum atomic E-state index is 1.34. The molecule has 1 heteroatoms. The summed E-state index contributed by atoms with van der Waals surface area (Å²) >= 11 is 1.92.